The highest BCUT2D eigenvalue weighted by molar-refractivity contribution is 8.01. The molecule has 0 radical (unpaired) electrons. The molecule has 5 rings (SSSR count). The van der Waals surface area contributed by atoms with Gasteiger partial charge in [-0.25, -0.2) is 0 Å². The normalized spacial score (nSPS) is 17.8. The lowest BCUT2D eigenvalue weighted by atomic mass is 9.68. The van der Waals surface area contributed by atoms with E-state index >= 15 is 0 Å². The summed E-state index contributed by atoms with van der Waals surface area (Å²) in [6.45, 7) is 4.04. The summed E-state index contributed by atoms with van der Waals surface area (Å²) in [5.74, 6) is 0.253. The van der Waals surface area contributed by atoms with Gasteiger partial charge in [-0.3, -0.25) is 14.5 Å². The predicted octanol–water partition coefficient (Wildman–Crippen LogP) is 5.88. The Morgan fingerprint density at radius 3 is 2.70 bits per heavy atom. The molecule has 1 atom stereocenters. The Morgan fingerprint density at radius 2 is 2.00 bits per heavy atom. The summed E-state index contributed by atoms with van der Waals surface area (Å²) >= 11 is 8.59. The van der Waals surface area contributed by atoms with E-state index in [1.54, 1.807) is 54.5 Å². The number of amides is 1. The zero-order valence-electron chi connectivity index (χ0n) is 23.9. The molecule has 1 aliphatic heterocycles. The molecular formula is C30H29ClN6O4S2. The van der Waals surface area contributed by atoms with Crippen molar-refractivity contribution >= 4 is 57.2 Å². The third kappa shape index (κ3) is 6.06. The summed E-state index contributed by atoms with van der Waals surface area (Å²) in [5, 5.41) is 22.7. The average Bonchev–Trinajstić information content (AvgIpc) is 3.44. The Bertz CT molecular complexity index is 1710. The van der Waals surface area contributed by atoms with Crippen molar-refractivity contribution in [1.29, 1.82) is 5.26 Å². The van der Waals surface area contributed by atoms with Crippen LogP contribution in [0.15, 0.2) is 69.5 Å². The van der Waals surface area contributed by atoms with Crippen molar-refractivity contribution in [2.24, 2.45) is 11.1 Å². The van der Waals surface area contributed by atoms with Gasteiger partial charge in [-0.15, -0.1) is 10.2 Å². The number of hydrogen-bond acceptors (Lipinski definition) is 11. The van der Waals surface area contributed by atoms with Gasteiger partial charge in [0.1, 0.15) is 17.3 Å². The van der Waals surface area contributed by atoms with Crippen molar-refractivity contribution in [3.8, 4) is 17.6 Å². The molecule has 1 unspecified atom stereocenters. The zero-order valence-corrected chi connectivity index (χ0v) is 26.3. The second kappa shape index (κ2) is 12.3. The first-order chi connectivity index (χ1) is 20.6. The van der Waals surface area contributed by atoms with Crippen molar-refractivity contribution in [3.63, 3.8) is 0 Å². The summed E-state index contributed by atoms with van der Waals surface area (Å²) in [5.41, 5.74) is 8.91. The van der Waals surface area contributed by atoms with Crippen molar-refractivity contribution in [3.05, 3.63) is 75.7 Å². The largest absolute Gasteiger partial charge is 0.497 e. The standard InChI is InChI=1S/C30H29ClN6O4S2/c1-30(2)12-21-26(22(38)13-30)25(17-10-9-16(40-3)11-23(17)41-4)18(14-32)27(33)37(21)28-35-36-29(43-28)42-15-24(39)34-20-8-6-5-7-19(20)31/h5-11,25H,12-13,15,33H2,1-4H3,(H,34,39). The second-order valence-electron chi connectivity index (χ2n) is 10.8. The number of benzene rings is 2. The number of allylic oxidation sites excluding steroid dienone is 3. The average molecular weight is 637 g/mol. The number of anilines is 2. The van der Waals surface area contributed by atoms with E-state index in [9.17, 15) is 14.9 Å². The maximum Gasteiger partial charge on any atom is 0.234 e. The van der Waals surface area contributed by atoms with Crippen molar-refractivity contribution in [2.75, 3.05) is 30.2 Å². The summed E-state index contributed by atoms with van der Waals surface area (Å²) in [4.78, 5) is 28.1. The number of nitriles is 1. The summed E-state index contributed by atoms with van der Waals surface area (Å²) < 4.78 is 11.6. The lowest BCUT2D eigenvalue weighted by Gasteiger charge is -2.42. The molecule has 10 nitrogen and oxygen atoms in total. The molecule has 43 heavy (non-hydrogen) atoms. The predicted molar refractivity (Wildman–Crippen MR) is 167 cm³/mol. The maximum atomic E-state index is 13.8. The van der Waals surface area contributed by atoms with Crippen molar-refractivity contribution < 1.29 is 19.1 Å². The van der Waals surface area contributed by atoms with Gasteiger partial charge in [-0.1, -0.05) is 66.7 Å². The van der Waals surface area contributed by atoms with Crippen LogP contribution in [-0.4, -0.2) is 41.9 Å². The first-order valence-electron chi connectivity index (χ1n) is 13.3. The van der Waals surface area contributed by atoms with E-state index in [1.807, 2.05) is 13.8 Å². The first kappa shape index (κ1) is 30.4. The Kier molecular flexibility index (Phi) is 8.69. The van der Waals surface area contributed by atoms with Crippen LogP contribution >= 0.6 is 34.7 Å². The van der Waals surface area contributed by atoms with Gasteiger partial charge in [0.15, 0.2) is 10.1 Å². The fraction of sp³-hybridized carbons (Fsp3) is 0.300. The number of Topliss-reactive ketones (excluding diaryl/α,β-unsaturated/α-hetero) is 1. The Labute approximate surface area is 262 Å². The Morgan fingerprint density at radius 1 is 1.23 bits per heavy atom. The van der Waals surface area contributed by atoms with Crippen LogP contribution in [0.3, 0.4) is 0 Å². The number of carbonyl (C=O) groups is 2. The molecule has 3 N–H and O–H groups in total. The summed E-state index contributed by atoms with van der Waals surface area (Å²) in [6.07, 6.45) is 0.829. The Hall–Kier alpha value is -4.05. The summed E-state index contributed by atoms with van der Waals surface area (Å²) in [7, 11) is 3.08. The highest BCUT2D eigenvalue weighted by Gasteiger charge is 2.46. The molecule has 13 heteroatoms. The lowest BCUT2D eigenvalue weighted by Crippen LogP contribution is -2.42. The van der Waals surface area contributed by atoms with Gasteiger partial charge in [0.05, 0.1) is 48.2 Å². The minimum absolute atomic E-state index is 0.0743. The molecule has 2 aromatic carbocycles. The molecule has 2 heterocycles. The van der Waals surface area contributed by atoms with Gasteiger partial charge in [0.25, 0.3) is 0 Å². The van der Waals surface area contributed by atoms with Crippen LogP contribution in [0.5, 0.6) is 11.5 Å². The van der Waals surface area contributed by atoms with Crippen molar-refractivity contribution in [2.45, 2.75) is 36.9 Å². The van der Waals surface area contributed by atoms with Gasteiger partial charge < -0.3 is 20.5 Å². The zero-order chi connectivity index (χ0) is 30.9. The molecule has 0 bridgehead atoms. The summed E-state index contributed by atoms with van der Waals surface area (Å²) in [6, 6.07) is 14.5. The number of hydrogen-bond donors (Lipinski definition) is 2. The third-order valence-electron chi connectivity index (χ3n) is 7.19. The molecule has 222 valence electrons. The minimum atomic E-state index is -0.726. The number of nitrogens with one attached hydrogen (secondary N) is 1. The number of ketones is 1. The lowest BCUT2D eigenvalue weighted by molar-refractivity contribution is -0.118. The molecule has 0 fully saturated rings. The van der Waals surface area contributed by atoms with E-state index < -0.39 is 5.92 Å². The van der Waals surface area contributed by atoms with Gasteiger partial charge in [0.2, 0.25) is 11.0 Å². The number of nitrogens with two attached hydrogens (primary N) is 1. The number of halogens is 1. The number of aromatic nitrogens is 2. The smallest absolute Gasteiger partial charge is 0.234 e. The van der Waals surface area contributed by atoms with Gasteiger partial charge in [-0.2, -0.15) is 5.26 Å². The van der Waals surface area contributed by atoms with E-state index in [2.05, 4.69) is 21.6 Å². The van der Waals surface area contributed by atoms with Crippen LogP contribution in [0.2, 0.25) is 5.02 Å². The first-order valence-corrected chi connectivity index (χ1v) is 15.4. The molecule has 1 amide bonds. The fourth-order valence-corrected chi connectivity index (χ4v) is 7.19. The van der Waals surface area contributed by atoms with Crippen molar-refractivity contribution in [1.82, 2.24) is 10.2 Å². The van der Waals surface area contributed by atoms with Crippen LogP contribution in [0.25, 0.3) is 0 Å². The van der Waals surface area contributed by atoms with E-state index in [1.165, 1.54) is 30.2 Å². The monoisotopic (exact) mass is 636 g/mol. The molecule has 3 aromatic rings. The molecule has 0 saturated carbocycles. The molecule has 1 aromatic heterocycles. The number of rotatable bonds is 8. The number of nitrogens with zero attached hydrogens (tertiary/aromatic N) is 4. The van der Waals surface area contributed by atoms with E-state index in [0.29, 0.717) is 61.4 Å². The van der Waals surface area contributed by atoms with Gasteiger partial charge >= 0.3 is 0 Å². The number of para-hydroxylation sites is 1. The van der Waals surface area contributed by atoms with Gasteiger partial charge in [-0.05, 0) is 30.0 Å². The van der Waals surface area contributed by atoms with Crippen LogP contribution in [-0.2, 0) is 9.59 Å². The fourth-order valence-electron chi connectivity index (χ4n) is 5.32. The molecule has 1 aliphatic carbocycles. The molecular weight excluding hydrogens is 608 g/mol. The molecule has 0 spiro atoms. The van der Waals surface area contributed by atoms with E-state index in [4.69, 9.17) is 26.8 Å². The second-order valence-corrected chi connectivity index (χ2v) is 13.3. The highest BCUT2D eigenvalue weighted by Crippen LogP contribution is 2.52. The van der Waals surface area contributed by atoms with Crippen LogP contribution in [0.4, 0.5) is 10.8 Å². The van der Waals surface area contributed by atoms with E-state index in [-0.39, 0.29) is 34.3 Å². The quantitative estimate of drug-likeness (QED) is 0.288. The Balaban J connectivity index is 1.51. The van der Waals surface area contributed by atoms with Gasteiger partial charge in [0, 0.05) is 29.3 Å². The SMILES string of the molecule is COc1ccc(C2C(C#N)=C(N)N(c3nnc(SCC(=O)Nc4ccccc4Cl)s3)C3=C2C(=O)CC(C)(C)C3)c(OC)c1. The number of ether oxygens (including phenoxy) is 2. The highest BCUT2D eigenvalue weighted by atomic mass is 35.5. The third-order valence-corrected chi connectivity index (χ3v) is 9.57. The molecule has 0 saturated heterocycles. The van der Waals surface area contributed by atoms with E-state index in [0.717, 1.165) is 0 Å². The topological polar surface area (TPSA) is 143 Å². The number of methoxy groups -OCH3 is 2. The number of carbonyl (C=O) groups excluding carboxylic acids is 2. The van der Waals surface area contributed by atoms with Crippen LogP contribution in [0, 0.1) is 16.7 Å². The molecule has 2 aliphatic rings. The van der Waals surface area contributed by atoms with Crippen LogP contribution in [0.1, 0.15) is 38.2 Å². The number of thioether (sulfide) groups is 1. The van der Waals surface area contributed by atoms with Crippen LogP contribution < -0.4 is 25.4 Å². The maximum absolute atomic E-state index is 13.8. The minimum Gasteiger partial charge on any atom is -0.497 e.